The van der Waals surface area contributed by atoms with Crippen molar-refractivity contribution in [1.82, 2.24) is 9.80 Å². The summed E-state index contributed by atoms with van der Waals surface area (Å²) in [5.41, 5.74) is 4.64. The molecule has 0 aromatic heterocycles. The highest BCUT2D eigenvalue weighted by Crippen LogP contribution is 2.23. The van der Waals surface area contributed by atoms with Gasteiger partial charge in [0.1, 0.15) is 5.75 Å². The van der Waals surface area contributed by atoms with E-state index < -0.39 is 0 Å². The minimum absolute atomic E-state index is 0.0994. The summed E-state index contributed by atoms with van der Waals surface area (Å²) in [4.78, 5) is 16.7. The van der Waals surface area contributed by atoms with Gasteiger partial charge in [-0.1, -0.05) is 24.3 Å². The number of benzene rings is 2. The fourth-order valence-corrected chi connectivity index (χ4v) is 3.59. The first-order valence-corrected chi connectivity index (χ1v) is 9.82. The molecule has 27 heavy (non-hydrogen) atoms. The predicted molar refractivity (Wildman–Crippen MR) is 109 cm³/mol. The van der Waals surface area contributed by atoms with E-state index in [9.17, 15) is 4.79 Å². The SMILES string of the molecule is CCOc1ccc(C(C)=O)cc1CN1CCN(Cc2ccccc2C)CC1. The fraction of sp³-hybridized carbons (Fsp3) is 0.435. The van der Waals surface area contributed by atoms with Crippen LogP contribution in [0.3, 0.4) is 0 Å². The third kappa shape index (κ3) is 5.18. The number of carbonyl (C=O) groups is 1. The lowest BCUT2D eigenvalue weighted by atomic mass is 10.1. The van der Waals surface area contributed by atoms with Crippen molar-refractivity contribution in [2.75, 3.05) is 32.8 Å². The summed E-state index contributed by atoms with van der Waals surface area (Å²) in [5, 5.41) is 0. The number of ether oxygens (including phenoxy) is 1. The molecule has 4 nitrogen and oxygen atoms in total. The Labute approximate surface area is 162 Å². The first-order chi connectivity index (χ1) is 13.1. The Balaban J connectivity index is 1.61. The van der Waals surface area contributed by atoms with Gasteiger partial charge in [0.05, 0.1) is 6.61 Å². The number of aryl methyl sites for hydroxylation is 1. The summed E-state index contributed by atoms with van der Waals surface area (Å²) in [6, 6.07) is 14.4. The molecule has 0 unspecified atom stereocenters. The minimum Gasteiger partial charge on any atom is -0.494 e. The third-order valence-electron chi connectivity index (χ3n) is 5.28. The molecule has 0 bridgehead atoms. The third-order valence-corrected chi connectivity index (χ3v) is 5.28. The Morgan fingerprint density at radius 1 is 0.963 bits per heavy atom. The Kier molecular flexibility index (Phi) is 6.64. The van der Waals surface area contributed by atoms with Gasteiger partial charge in [-0.3, -0.25) is 14.6 Å². The second-order valence-corrected chi connectivity index (χ2v) is 7.29. The number of piperazine rings is 1. The Hall–Kier alpha value is -2.17. The molecule has 2 aromatic rings. The van der Waals surface area contributed by atoms with E-state index in [1.54, 1.807) is 6.92 Å². The zero-order valence-electron chi connectivity index (χ0n) is 16.7. The fourth-order valence-electron chi connectivity index (χ4n) is 3.59. The highest BCUT2D eigenvalue weighted by Gasteiger charge is 2.19. The van der Waals surface area contributed by atoms with Crippen LogP contribution in [0.5, 0.6) is 5.75 Å². The average molecular weight is 367 g/mol. The van der Waals surface area contributed by atoms with E-state index in [2.05, 4.69) is 41.0 Å². The van der Waals surface area contributed by atoms with Gasteiger partial charge in [0.15, 0.2) is 5.78 Å². The maximum Gasteiger partial charge on any atom is 0.159 e. The van der Waals surface area contributed by atoms with Crippen molar-refractivity contribution >= 4 is 5.78 Å². The maximum absolute atomic E-state index is 11.7. The number of ketones is 1. The molecule has 1 saturated heterocycles. The molecular formula is C23H30N2O2. The summed E-state index contributed by atoms with van der Waals surface area (Å²) in [6.45, 7) is 12.5. The van der Waals surface area contributed by atoms with E-state index in [-0.39, 0.29) is 5.78 Å². The zero-order valence-corrected chi connectivity index (χ0v) is 16.7. The van der Waals surface area contributed by atoms with E-state index >= 15 is 0 Å². The molecule has 1 fully saturated rings. The molecule has 0 atom stereocenters. The summed E-state index contributed by atoms with van der Waals surface area (Å²) in [7, 11) is 0. The lowest BCUT2D eigenvalue weighted by Crippen LogP contribution is -2.45. The van der Waals surface area contributed by atoms with Crippen LogP contribution in [0.25, 0.3) is 0 Å². The smallest absolute Gasteiger partial charge is 0.159 e. The van der Waals surface area contributed by atoms with Crippen molar-refractivity contribution in [2.45, 2.75) is 33.9 Å². The summed E-state index contributed by atoms with van der Waals surface area (Å²) in [6.07, 6.45) is 0. The zero-order chi connectivity index (χ0) is 19.2. The van der Waals surface area contributed by atoms with Crippen LogP contribution >= 0.6 is 0 Å². The molecule has 144 valence electrons. The van der Waals surface area contributed by atoms with E-state index in [1.807, 2.05) is 25.1 Å². The molecule has 0 saturated carbocycles. The molecule has 0 N–H and O–H groups in total. The maximum atomic E-state index is 11.7. The van der Waals surface area contributed by atoms with Crippen molar-refractivity contribution in [1.29, 1.82) is 0 Å². The molecule has 1 aliphatic rings. The van der Waals surface area contributed by atoms with Crippen molar-refractivity contribution in [3.8, 4) is 5.75 Å². The van der Waals surface area contributed by atoms with Gasteiger partial charge in [-0.15, -0.1) is 0 Å². The van der Waals surface area contributed by atoms with Crippen molar-refractivity contribution in [3.05, 3.63) is 64.7 Å². The normalized spacial score (nSPS) is 15.7. The largest absolute Gasteiger partial charge is 0.494 e. The van der Waals surface area contributed by atoms with E-state index in [0.29, 0.717) is 6.61 Å². The molecule has 3 rings (SSSR count). The predicted octanol–water partition coefficient (Wildman–Crippen LogP) is 3.91. The quantitative estimate of drug-likeness (QED) is 0.696. The summed E-state index contributed by atoms with van der Waals surface area (Å²) in [5.74, 6) is 0.993. The van der Waals surface area contributed by atoms with E-state index in [1.165, 1.54) is 11.1 Å². The first-order valence-electron chi connectivity index (χ1n) is 9.82. The van der Waals surface area contributed by atoms with Crippen molar-refractivity contribution in [2.24, 2.45) is 0 Å². The van der Waals surface area contributed by atoms with Gasteiger partial charge in [-0.2, -0.15) is 0 Å². The molecule has 0 radical (unpaired) electrons. The average Bonchev–Trinajstić information content (AvgIpc) is 2.66. The van der Waals surface area contributed by atoms with Crippen LogP contribution in [0.1, 0.15) is 40.9 Å². The molecule has 0 amide bonds. The minimum atomic E-state index is 0.0994. The number of rotatable bonds is 7. The number of carbonyl (C=O) groups excluding carboxylic acids is 1. The van der Waals surface area contributed by atoms with Crippen LogP contribution in [-0.4, -0.2) is 48.4 Å². The highest BCUT2D eigenvalue weighted by atomic mass is 16.5. The molecule has 1 heterocycles. The first kappa shape index (κ1) is 19.6. The van der Waals surface area contributed by atoms with Gasteiger partial charge in [0, 0.05) is 50.4 Å². The van der Waals surface area contributed by atoms with Crippen molar-refractivity contribution < 1.29 is 9.53 Å². The summed E-state index contributed by atoms with van der Waals surface area (Å²) >= 11 is 0. The standard InChI is InChI=1S/C23H30N2O2/c1-4-27-23-10-9-20(19(3)26)15-22(23)17-25-13-11-24(12-14-25)16-21-8-6-5-7-18(21)2/h5-10,15H,4,11-14,16-17H2,1-3H3. The van der Waals surface area contributed by atoms with Gasteiger partial charge in [-0.25, -0.2) is 0 Å². The van der Waals surface area contributed by atoms with E-state index in [4.69, 9.17) is 4.74 Å². The molecule has 0 spiro atoms. The molecular weight excluding hydrogens is 336 g/mol. The van der Waals surface area contributed by atoms with Crippen LogP contribution in [0.2, 0.25) is 0 Å². The number of hydrogen-bond donors (Lipinski definition) is 0. The Morgan fingerprint density at radius 2 is 1.59 bits per heavy atom. The molecule has 1 aliphatic heterocycles. The van der Waals surface area contributed by atoms with Crippen LogP contribution in [-0.2, 0) is 13.1 Å². The second-order valence-electron chi connectivity index (χ2n) is 7.29. The van der Waals surface area contributed by atoms with Gasteiger partial charge in [0.25, 0.3) is 0 Å². The van der Waals surface area contributed by atoms with Gasteiger partial charge >= 0.3 is 0 Å². The van der Waals surface area contributed by atoms with Crippen molar-refractivity contribution in [3.63, 3.8) is 0 Å². The molecule has 0 aliphatic carbocycles. The summed E-state index contributed by atoms with van der Waals surface area (Å²) < 4.78 is 5.78. The van der Waals surface area contributed by atoms with Gasteiger partial charge in [0.2, 0.25) is 0 Å². The van der Waals surface area contributed by atoms with Crippen LogP contribution < -0.4 is 4.74 Å². The van der Waals surface area contributed by atoms with E-state index in [0.717, 1.165) is 56.1 Å². The number of nitrogens with zero attached hydrogens (tertiary/aromatic N) is 2. The van der Waals surface area contributed by atoms with Gasteiger partial charge in [-0.05, 0) is 50.1 Å². The number of Topliss-reactive ketones (excluding diaryl/α,β-unsaturated/α-hetero) is 1. The Bertz CT molecular complexity index is 780. The lowest BCUT2D eigenvalue weighted by molar-refractivity contribution is 0.101. The highest BCUT2D eigenvalue weighted by molar-refractivity contribution is 5.94. The monoisotopic (exact) mass is 366 g/mol. The topological polar surface area (TPSA) is 32.8 Å². The Morgan fingerprint density at radius 3 is 2.19 bits per heavy atom. The number of hydrogen-bond acceptors (Lipinski definition) is 4. The molecule has 4 heteroatoms. The van der Waals surface area contributed by atoms with Crippen LogP contribution in [0, 0.1) is 6.92 Å². The van der Waals surface area contributed by atoms with Crippen LogP contribution in [0.4, 0.5) is 0 Å². The second kappa shape index (κ2) is 9.16. The van der Waals surface area contributed by atoms with Crippen LogP contribution in [0.15, 0.2) is 42.5 Å². The van der Waals surface area contributed by atoms with Gasteiger partial charge < -0.3 is 4.74 Å². The lowest BCUT2D eigenvalue weighted by Gasteiger charge is -2.35. The molecule has 2 aromatic carbocycles.